The zero-order chi connectivity index (χ0) is 42.3. The van der Waals surface area contributed by atoms with Crippen molar-refractivity contribution in [3.05, 3.63) is 60.9 Å². The average molecular weight is 826 g/mol. The van der Waals surface area contributed by atoms with Crippen LogP contribution in [0.1, 0.15) is 162 Å². The van der Waals surface area contributed by atoms with Crippen molar-refractivity contribution in [2.24, 2.45) is 0 Å². The van der Waals surface area contributed by atoms with Crippen LogP contribution < -0.4 is 4.89 Å². The largest absolute Gasteiger partial charge is 0.756 e. The zero-order valence-corrected chi connectivity index (χ0v) is 37.6. The molecule has 4 atom stereocenters. The molecule has 0 bridgehead atoms. The first-order chi connectivity index (χ1) is 27.4. The molecule has 0 aromatic carbocycles. The Morgan fingerprint density at radius 3 is 1.77 bits per heavy atom. The van der Waals surface area contributed by atoms with E-state index in [0.717, 1.165) is 38.5 Å². The number of esters is 1. The molecule has 0 heterocycles. The van der Waals surface area contributed by atoms with Crippen molar-refractivity contribution in [3.8, 4) is 0 Å². The van der Waals surface area contributed by atoms with Crippen molar-refractivity contribution in [2.75, 3.05) is 47.5 Å². The molecule has 0 aliphatic rings. The van der Waals surface area contributed by atoms with Gasteiger partial charge >= 0.3 is 5.97 Å². The topological polar surface area (TPSA) is 135 Å². The number of hydrogen-bond donors (Lipinski definition) is 2. The summed E-state index contributed by atoms with van der Waals surface area (Å²) in [6, 6.07) is 0. The maximum absolute atomic E-state index is 12.5. The summed E-state index contributed by atoms with van der Waals surface area (Å²) in [5.41, 5.74) is 0. The number of rotatable bonds is 40. The number of hydrogen-bond acceptors (Lipinski definition) is 9. The lowest BCUT2D eigenvalue weighted by Gasteiger charge is -2.28. The highest BCUT2D eigenvalue weighted by atomic mass is 31.2. The zero-order valence-electron chi connectivity index (χ0n) is 36.7. The van der Waals surface area contributed by atoms with Crippen molar-refractivity contribution in [3.63, 3.8) is 0 Å². The minimum Gasteiger partial charge on any atom is -0.756 e. The van der Waals surface area contributed by atoms with E-state index in [1.165, 1.54) is 89.7 Å². The normalized spacial score (nSPS) is 15.4. The van der Waals surface area contributed by atoms with Gasteiger partial charge in [-0.2, -0.15) is 0 Å². The van der Waals surface area contributed by atoms with E-state index < -0.39 is 32.1 Å². The second kappa shape index (κ2) is 38.2. The van der Waals surface area contributed by atoms with Crippen LogP contribution in [0.2, 0.25) is 0 Å². The number of carbonyl (C=O) groups is 1. The molecule has 0 rings (SSSR count). The van der Waals surface area contributed by atoms with Gasteiger partial charge in [-0.05, 0) is 89.5 Å². The van der Waals surface area contributed by atoms with E-state index in [0.29, 0.717) is 23.9 Å². The third kappa shape index (κ3) is 40.5. The first kappa shape index (κ1) is 55.0. The van der Waals surface area contributed by atoms with Gasteiger partial charge in [0.1, 0.15) is 19.8 Å². The fraction of sp³-hybridized carbons (Fsp3) is 0.761. The maximum atomic E-state index is 12.5. The minimum absolute atomic E-state index is 0.0214. The van der Waals surface area contributed by atoms with Crippen molar-refractivity contribution >= 4 is 13.8 Å². The van der Waals surface area contributed by atoms with Crippen LogP contribution in [0.3, 0.4) is 0 Å². The number of nitrogens with zero attached hydrogens (tertiary/aromatic N) is 1. The van der Waals surface area contributed by atoms with Gasteiger partial charge in [-0.3, -0.25) is 9.36 Å². The lowest BCUT2D eigenvalue weighted by Crippen LogP contribution is -2.37. The molecule has 57 heavy (non-hydrogen) atoms. The van der Waals surface area contributed by atoms with E-state index in [1.54, 1.807) is 0 Å². The van der Waals surface area contributed by atoms with Crippen LogP contribution in [0, 0.1) is 0 Å². The first-order valence-corrected chi connectivity index (χ1v) is 23.7. The molecule has 0 aromatic rings. The molecule has 3 unspecified atom stereocenters. The molecule has 0 amide bonds. The molecule has 0 aliphatic carbocycles. The van der Waals surface area contributed by atoms with Crippen LogP contribution in [0.25, 0.3) is 0 Å². The summed E-state index contributed by atoms with van der Waals surface area (Å²) in [5, 5.41) is 20.7. The summed E-state index contributed by atoms with van der Waals surface area (Å²) in [4.78, 5) is 24.9. The van der Waals surface area contributed by atoms with Crippen LogP contribution in [0.4, 0.5) is 0 Å². The van der Waals surface area contributed by atoms with E-state index >= 15 is 0 Å². The third-order valence-corrected chi connectivity index (χ3v) is 10.3. The second-order valence-corrected chi connectivity index (χ2v) is 17.5. The van der Waals surface area contributed by atoms with Gasteiger partial charge in [-0.15, -0.1) is 0 Å². The van der Waals surface area contributed by atoms with Crippen LogP contribution in [-0.2, 0) is 27.9 Å². The smallest absolute Gasteiger partial charge is 0.305 e. The summed E-state index contributed by atoms with van der Waals surface area (Å²) < 4.78 is 34.1. The van der Waals surface area contributed by atoms with E-state index in [-0.39, 0.29) is 32.7 Å². The molecule has 2 N–H and O–H groups in total. The Morgan fingerprint density at radius 1 is 0.649 bits per heavy atom. The fourth-order valence-corrected chi connectivity index (χ4v) is 6.36. The Kier molecular flexibility index (Phi) is 36.8. The summed E-state index contributed by atoms with van der Waals surface area (Å²) in [6.45, 7) is 4.31. The van der Waals surface area contributed by atoms with Crippen molar-refractivity contribution in [2.45, 2.75) is 180 Å². The highest BCUT2D eigenvalue weighted by molar-refractivity contribution is 7.45. The molecule has 10 nitrogen and oxygen atoms in total. The fourth-order valence-electron chi connectivity index (χ4n) is 5.63. The Bertz CT molecular complexity index is 1130. The monoisotopic (exact) mass is 826 g/mol. The Labute approximate surface area is 348 Å². The van der Waals surface area contributed by atoms with E-state index in [4.69, 9.17) is 18.5 Å². The van der Waals surface area contributed by atoms with Crippen LogP contribution in [0.5, 0.6) is 0 Å². The Balaban J connectivity index is 4.54. The van der Waals surface area contributed by atoms with Gasteiger partial charge in [0.25, 0.3) is 7.82 Å². The van der Waals surface area contributed by atoms with Crippen LogP contribution in [-0.4, -0.2) is 86.5 Å². The van der Waals surface area contributed by atoms with Crippen molar-refractivity contribution in [1.82, 2.24) is 0 Å². The molecule has 0 saturated heterocycles. The van der Waals surface area contributed by atoms with Crippen molar-refractivity contribution < 1.29 is 47.5 Å². The number of carbonyl (C=O) groups excluding carboxylic acids is 1. The number of phosphoric acid groups is 1. The molecule has 0 spiro atoms. The summed E-state index contributed by atoms with van der Waals surface area (Å²) in [7, 11) is 1.20. The van der Waals surface area contributed by atoms with Crippen molar-refractivity contribution in [1.29, 1.82) is 0 Å². The summed E-state index contributed by atoms with van der Waals surface area (Å²) in [5.74, 6) is -0.514. The van der Waals surface area contributed by atoms with E-state index in [1.807, 2.05) is 39.4 Å². The molecular formula is C46H84NO9P. The highest BCUT2D eigenvalue weighted by Gasteiger charge is 2.20. The molecule has 0 fully saturated rings. The highest BCUT2D eigenvalue weighted by Crippen LogP contribution is 2.38. The summed E-state index contributed by atoms with van der Waals surface area (Å²) in [6.07, 6.45) is 40.7. The number of allylic oxidation sites excluding steroid dienone is 8. The van der Waals surface area contributed by atoms with Gasteiger partial charge in [0.2, 0.25) is 0 Å². The third-order valence-electron chi connectivity index (χ3n) is 9.33. The van der Waals surface area contributed by atoms with E-state index in [2.05, 4.69) is 50.3 Å². The van der Waals surface area contributed by atoms with Gasteiger partial charge in [0, 0.05) is 6.42 Å². The summed E-state index contributed by atoms with van der Waals surface area (Å²) >= 11 is 0. The minimum atomic E-state index is -4.59. The number of likely N-dealkylation sites (N-methyl/N-ethyl adjacent to an activating group) is 1. The number of aliphatic hydroxyl groups excluding tert-OH is 2. The molecule has 0 aromatic heterocycles. The quantitative estimate of drug-likeness (QED) is 0.0155. The predicted octanol–water partition coefficient (Wildman–Crippen LogP) is 10.6. The van der Waals surface area contributed by atoms with Gasteiger partial charge in [-0.1, -0.05) is 120 Å². The molecule has 332 valence electrons. The maximum Gasteiger partial charge on any atom is 0.305 e. The Morgan fingerprint density at radius 2 is 1.16 bits per heavy atom. The lowest BCUT2D eigenvalue weighted by atomic mass is 10.0. The second-order valence-electron chi connectivity index (χ2n) is 16.1. The van der Waals surface area contributed by atoms with Gasteiger partial charge in [0.15, 0.2) is 6.10 Å². The first-order valence-electron chi connectivity index (χ1n) is 22.2. The standard InChI is InChI=1S/C46H84NO9P/c1-6-8-10-12-14-16-18-20-21-22-23-25-27-29-31-33-39-53-43(42-56-57(51,52)55-40-38-47(3,4)5)41-54-46(50)37-34-36-45(49)44(48)35-32-30-28-26-24-19-17-15-13-11-9-7-2/h15-18,24,26,30,32-33,39,43-45,48-49H,6-14,19-23,25,27-29,31,34-38,40-42H2,1-5H3/b17-15-,18-16-,26-24-,32-30-,39-33+/t43-,44?,45?/m1/s1. The predicted molar refractivity (Wildman–Crippen MR) is 233 cm³/mol. The molecule has 0 saturated carbocycles. The Hall–Kier alpha value is -2.04. The number of unbranched alkanes of at least 4 members (excludes halogenated alkanes) is 14. The van der Waals surface area contributed by atoms with Crippen LogP contribution in [0.15, 0.2) is 60.9 Å². The molecular weight excluding hydrogens is 741 g/mol. The average Bonchev–Trinajstić information content (AvgIpc) is 3.16. The molecule has 11 heteroatoms. The van der Waals surface area contributed by atoms with Crippen LogP contribution >= 0.6 is 7.82 Å². The number of ether oxygens (including phenoxy) is 2. The van der Waals surface area contributed by atoms with Gasteiger partial charge in [0.05, 0.1) is 46.2 Å². The van der Waals surface area contributed by atoms with E-state index in [9.17, 15) is 24.5 Å². The SMILES string of the molecule is CCCCC/C=C\C/C=C\C/C=C\CC(O)C(O)CCCC(=O)OC[C@H](COP(=O)([O-])OCC[N+](C)(C)C)O/C=C/CCCCCCCC/C=C\CCCCCC. The number of phosphoric ester groups is 1. The molecule has 0 aliphatic heterocycles. The van der Waals surface area contributed by atoms with Gasteiger partial charge < -0.3 is 38.1 Å². The number of aliphatic hydroxyl groups is 2. The number of quaternary nitrogens is 1. The van der Waals surface area contributed by atoms with Gasteiger partial charge in [-0.25, -0.2) is 0 Å². The molecule has 0 radical (unpaired) electrons. The lowest BCUT2D eigenvalue weighted by molar-refractivity contribution is -0.870.